The van der Waals surface area contributed by atoms with Gasteiger partial charge in [0.05, 0.1) is 12.2 Å². The molecule has 1 fully saturated rings. The monoisotopic (exact) mass is 231 g/mol. The van der Waals surface area contributed by atoms with E-state index < -0.39 is 0 Å². The highest BCUT2D eigenvalue weighted by Crippen LogP contribution is 2.21. The Kier molecular flexibility index (Phi) is 2.78. The molecule has 5 nitrogen and oxygen atoms in total. The summed E-state index contributed by atoms with van der Waals surface area (Å²) in [6, 6.07) is 2.50. The highest BCUT2D eigenvalue weighted by Gasteiger charge is 2.18. The van der Waals surface area contributed by atoms with Crippen molar-refractivity contribution in [1.82, 2.24) is 20.1 Å². The highest BCUT2D eigenvalue weighted by molar-refractivity contribution is 5.75. The van der Waals surface area contributed by atoms with Crippen LogP contribution in [0.25, 0.3) is 11.0 Å². The zero-order valence-electron chi connectivity index (χ0n) is 9.76. The average molecular weight is 231 g/mol. The van der Waals surface area contributed by atoms with Gasteiger partial charge >= 0.3 is 0 Å². The Labute approximate surface area is 100 Å². The second kappa shape index (κ2) is 4.43. The topological polar surface area (TPSA) is 68.8 Å². The molecule has 1 aliphatic rings. The standard InChI is InChI=1S/C12H17N5/c13-5-9-4-10-7-16-17(12(10)15-6-9)11-2-1-3-14-8-11/h4,6-7,11,14H,1-3,5,8,13H2. The maximum Gasteiger partial charge on any atom is 0.158 e. The van der Waals surface area contributed by atoms with Crippen LogP contribution in [0, 0.1) is 0 Å². The predicted molar refractivity (Wildman–Crippen MR) is 66.6 cm³/mol. The fourth-order valence-corrected chi connectivity index (χ4v) is 2.41. The number of aromatic nitrogens is 3. The molecule has 0 aromatic carbocycles. The first kappa shape index (κ1) is 10.7. The summed E-state index contributed by atoms with van der Waals surface area (Å²) >= 11 is 0. The molecule has 1 saturated heterocycles. The molecule has 3 heterocycles. The Bertz CT molecular complexity index is 513. The fraction of sp³-hybridized carbons (Fsp3) is 0.500. The highest BCUT2D eigenvalue weighted by atomic mass is 15.3. The van der Waals surface area contributed by atoms with E-state index in [4.69, 9.17) is 5.73 Å². The summed E-state index contributed by atoms with van der Waals surface area (Å²) < 4.78 is 2.04. The summed E-state index contributed by atoms with van der Waals surface area (Å²) in [4.78, 5) is 4.48. The predicted octanol–water partition coefficient (Wildman–Crippen LogP) is 0.814. The van der Waals surface area contributed by atoms with E-state index in [1.165, 1.54) is 12.8 Å². The molecule has 0 radical (unpaired) electrons. The third-order valence-corrected chi connectivity index (χ3v) is 3.34. The van der Waals surface area contributed by atoms with Gasteiger partial charge in [0.1, 0.15) is 0 Å². The zero-order chi connectivity index (χ0) is 11.7. The first-order valence-corrected chi connectivity index (χ1v) is 6.11. The Morgan fingerprint density at radius 2 is 2.41 bits per heavy atom. The number of fused-ring (bicyclic) bond motifs is 1. The summed E-state index contributed by atoms with van der Waals surface area (Å²) in [5.41, 5.74) is 7.64. The zero-order valence-corrected chi connectivity index (χ0v) is 9.76. The van der Waals surface area contributed by atoms with Crippen LogP contribution in [0.5, 0.6) is 0 Å². The normalized spacial score (nSPS) is 20.9. The maximum atomic E-state index is 5.61. The summed E-state index contributed by atoms with van der Waals surface area (Å²) in [6.45, 7) is 2.62. The van der Waals surface area contributed by atoms with Gasteiger partial charge in [-0.3, -0.25) is 0 Å². The van der Waals surface area contributed by atoms with Crippen molar-refractivity contribution in [1.29, 1.82) is 0 Å². The molecule has 2 aromatic rings. The van der Waals surface area contributed by atoms with E-state index in [-0.39, 0.29) is 0 Å². The van der Waals surface area contributed by atoms with Gasteiger partial charge in [0.25, 0.3) is 0 Å². The van der Waals surface area contributed by atoms with Crippen LogP contribution in [-0.2, 0) is 6.54 Å². The third kappa shape index (κ3) is 1.92. The molecule has 0 amide bonds. The number of nitrogens with one attached hydrogen (secondary N) is 1. The van der Waals surface area contributed by atoms with Gasteiger partial charge in [-0.05, 0) is 31.0 Å². The van der Waals surface area contributed by atoms with Crippen molar-refractivity contribution in [2.24, 2.45) is 5.73 Å². The molecule has 0 bridgehead atoms. The molecule has 90 valence electrons. The van der Waals surface area contributed by atoms with Crippen LogP contribution in [0.3, 0.4) is 0 Å². The summed E-state index contributed by atoms with van der Waals surface area (Å²) in [5, 5.41) is 8.95. The van der Waals surface area contributed by atoms with E-state index in [0.717, 1.165) is 29.7 Å². The van der Waals surface area contributed by atoms with Crippen LogP contribution in [0.15, 0.2) is 18.5 Å². The SMILES string of the molecule is NCc1cnc2c(cnn2C2CCCNC2)c1. The van der Waals surface area contributed by atoms with Gasteiger partial charge in [-0.15, -0.1) is 0 Å². The van der Waals surface area contributed by atoms with Crippen molar-refractivity contribution < 1.29 is 0 Å². The van der Waals surface area contributed by atoms with Crippen LogP contribution >= 0.6 is 0 Å². The molecule has 3 rings (SSSR count). The van der Waals surface area contributed by atoms with Crippen molar-refractivity contribution >= 4 is 11.0 Å². The van der Waals surface area contributed by atoms with Crippen molar-refractivity contribution in [2.75, 3.05) is 13.1 Å². The number of rotatable bonds is 2. The molecule has 17 heavy (non-hydrogen) atoms. The number of hydrogen-bond donors (Lipinski definition) is 2. The smallest absolute Gasteiger partial charge is 0.158 e. The van der Waals surface area contributed by atoms with Crippen LogP contribution in [-0.4, -0.2) is 27.9 Å². The summed E-state index contributed by atoms with van der Waals surface area (Å²) in [7, 11) is 0. The molecule has 3 N–H and O–H groups in total. The number of nitrogens with zero attached hydrogens (tertiary/aromatic N) is 3. The number of piperidine rings is 1. The quantitative estimate of drug-likeness (QED) is 0.802. The minimum absolute atomic E-state index is 0.428. The van der Waals surface area contributed by atoms with E-state index in [2.05, 4.69) is 21.5 Å². The lowest BCUT2D eigenvalue weighted by Crippen LogP contribution is -2.32. The average Bonchev–Trinajstić information content (AvgIpc) is 2.82. The molecule has 2 aromatic heterocycles. The van der Waals surface area contributed by atoms with E-state index in [1.54, 1.807) is 0 Å². The van der Waals surface area contributed by atoms with Gasteiger partial charge in [-0.25, -0.2) is 9.67 Å². The Morgan fingerprint density at radius 3 is 3.18 bits per heavy atom. The Morgan fingerprint density at radius 1 is 1.47 bits per heavy atom. The molecule has 1 aliphatic heterocycles. The minimum Gasteiger partial charge on any atom is -0.326 e. The van der Waals surface area contributed by atoms with E-state index in [9.17, 15) is 0 Å². The van der Waals surface area contributed by atoms with Gasteiger partial charge in [-0.1, -0.05) is 0 Å². The van der Waals surface area contributed by atoms with Crippen LogP contribution in [0.2, 0.25) is 0 Å². The second-order valence-corrected chi connectivity index (χ2v) is 4.55. The first-order chi connectivity index (χ1) is 8.38. The van der Waals surface area contributed by atoms with E-state index in [1.807, 2.05) is 17.1 Å². The largest absolute Gasteiger partial charge is 0.326 e. The molecule has 0 saturated carbocycles. The van der Waals surface area contributed by atoms with Gasteiger partial charge in [0, 0.05) is 24.7 Å². The van der Waals surface area contributed by atoms with Gasteiger partial charge < -0.3 is 11.1 Å². The first-order valence-electron chi connectivity index (χ1n) is 6.11. The molecule has 1 unspecified atom stereocenters. The van der Waals surface area contributed by atoms with Crippen molar-refractivity contribution in [3.8, 4) is 0 Å². The maximum absolute atomic E-state index is 5.61. The minimum atomic E-state index is 0.428. The van der Waals surface area contributed by atoms with Crippen molar-refractivity contribution in [3.05, 3.63) is 24.0 Å². The fourth-order valence-electron chi connectivity index (χ4n) is 2.41. The summed E-state index contributed by atoms with van der Waals surface area (Å²) in [5.74, 6) is 0. The molecule has 5 heteroatoms. The van der Waals surface area contributed by atoms with Crippen LogP contribution < -0.4 is 11.1 Å². The molecular weight excluding hydrogens is 214 g/mol. The summed E-state index contributed by atoms with van der Waals surface area (Å²) in [6.07, 6.45) is 6.10. The van der Waals surface area contributed by atoms with Gasteiger partial charge in [0.2, 0.25) is 0 Å². The molecule has 0 aliphatic carbocycles. The van der Waals surface area contributed by atoms with E-state index >= 15 is 0 Å². The van der Waals surface area contributed by atoms with Gasteiger partial charge in [-0.2, -0.15) is 5.10 Å². The van der Waals surface area contributed by atoms with Crippen molar-refractivity contribution in [2.45, 2.75) is 25.4 Å². The lowest BCUT2D eigenvalue weighted by Gasteiger charge is -2.23. The Hall–Kier alpha value is -1.46. The molecule has 0 spiro atoms. The third-order valence-electron chi connectivity index (χ3n) is 3.34. The van der Waals surface area contributed by atoms with E-state index in [0.29, 0.717) is 12.6 Å². The van der Waals surface area contributed by atoms with Crippen LogP contribution in [0.1, 0.15) is 24.4 Å². The number of hydrogen-bond acceptors (Lipinski definition) is 4. The number of nitrogens with two attached hydrogens (primary N) is 1. The lowest BCUT2D eigenvalue weighted by atomic mass is 10.1. The second-order valence-electron chi connectivity index (χ2n) is 4.55. The Balaban J connectivity index is 1.99. The lowest BCUT2D eigenvalue weighted by molar-refractivity contribution is 0.353. The van der Waals surface area contributed by atoms with Gasteiger partial charge in [0.15, 0.2) is 5.65 Å². The van der Waals surface area contributed by atoms with Crippen LogP contribution in [0.4, 0.5) is 0 Å². The number of pyridine rings is 1. The molecular formula is C12H17N5. The molecule has 1 atom stereocenters. The van der Waals surface area contributed by atoms with Crippen molar-refractivity contribution in [3.63, 3.8) is 0 Å².